The van der Waals surface area contributed by atoms with Crippen molar-refractivity contribution in [2.24, 2.45) is 0 Å². The molecule has 0 bridgehead atoms. The molecule has 2 aromatic rings. The first-order valence-electron chi connectivity index (χ1n) is 6.08. The van der Waals surface area contributed by atoms with Gasteiger partial charge in [0.25, 0.3) is 0 Å². The van der Waals surface area contributed by atoms with Crippen LogP contribution in [-0.4, -0.2) is 10.5 Å². The van der Waals surface area contributed by atoms with E-state index >= 15 is 0 Å². The Labute approximate surface area is 130 Å². The maximum absolute atomic E-state index is 12.0. The lowest BCUT2D eigenvalue weighted by Gasteiger charge is -2.08. The number of aromatic nitrogens is 1. The van der Waals surface area contributed by atoms with Gasteiger partial charge in [0.15, 0.2) is 0 Å². The second-order valence-corrected chi connectivity index (χ2v) is 5.58. The number of carbonyl (C=O) groups is 1. The number of hydrogen-bond acceptors (Lipinski definition) is 3. The van der Waals surface area contributed by atoms with E-state index in [4.69, 9.17) is 22.1 Å². The third-order valence-electron chi connectivity index (χ3n) is 2.84. The lowest BCUT2D eigenvalue weighted by molar-refractivity contribution is 0.0460. The number of nitrogen functional groups attached to an aromatic ring is 1. The number of carbonyl (C=O) groups excluding carboxylic acids is 1. The van der Waals surface area contributed by atoms with Gasteiger partial charge in [0.1, 0.15) is 12.3 Å². The van der Waals surface area contributed by atoms with E-state index in [9.17, 15) is 4.79 Å². The first-order valence-corrected chi connectivity index (χ1v) is 7.25. The third-order valence-corrected chi connectivity index (χ3v) is 3.69. The molecule has 0 atom stereocenters. The molecule has 0 aliphatic heterocycles. The molecule has 0 saturated heterocycles. The first-order chi connectivity index (χ1) is 9.51. The number of anilines is 1. The van der Waals surface area contributed by atoms with Crippen molar-refractivity contribution in [2.45, 2.75) is 20.1 Å². The first kappa shape index (κ1) is 14.9. The number of rotatable bonds is 4. The Hall–Kier alpha value is -1.46. The molecule has 20 heavy (non-hydrogen) atoms. The van der Waals surface area contributed by atoms with Crippen molar-refractivity contribution in [3.63, 3.8) is 0 Å². The van der Waals surface area contributed by atoms with Crippen LogP contribution >= 0.6 is 27.5 Å². The van der Waals surface area contributed by atoms with Gasteiger partial charge in [-0.1, -0.05) is 33.6 Å². The number of benzene rings is 1. The van der Waals surface area contributed by atoms with Gasteiger partial charge in [-0.15, -0.1) is 0 Å². The number of nitrogens with two attached hydrogens (primary N) is 1. The van der Waals surface area contributed by atoms with E-state index in [1.807, 2.05) is 19.1 Å². The largest absolute Gasteiger partial charge is 0.456 e. The van der Waals surface area contributed by atoms with Gasteiger partial charge in [-0.3, -0.25) is 0 Å². The molecule has 1 aromatic heterocycles. The summed E-state index contributed by atoms with van der Waals surface area (Å²) in [4.78, 5) is 12.0. The van der Waals surface area contributed by atoms with Crippen molar-refractivity contribution in [2.75, 3.05) is 5.73 Å². The highest BCUT2D eigenvalue weighted by atomic mass is 79.9. The molecule has 0 spiro atoms. The Bertz CT molecular complexity index is 640. The lowest BCUT2D eigenvalue weighted by Crippen LogP contribution is -2.11. The molecule has 0 radical (unpaired) electrons. The van der Waals surface area contributed by atoms with Crippen molar-refractivity contribution < 1.29 is 9.53 Å². The number of nitrogens with zero attached hydrogens (tertiary/aromatic N) is 1. The molecule has 106 valence electrons. The van der Waals surface area contributed by atoms with Gasteiger partial charge in [-0.25, -0.2) is 4.79 Å². The number of halogens is 2. The fourth-order valence-corrected chi connectivity index (χ4v) is 2.55. The quantitative estimate of drug-likeness (QED) is 0.845. The molecule has 2 rings (SSSR count). The number of hydrogen-bond donors (Lipinski definition) is 1. The summed E-state index contributed by atoms with van der Waals surface area (Å²) in [5, 5.41) is 0.553. The third kappa shape index (κ3) is 3.35. The number of ether oxygens (including phenoxy) is 1. The van der Waals surface area contributed by atoms with Crippen LogP contribution in [0.25, 0.3) is 0 Å². The lowest BCUT2D eigenvalue weighted by atomic mass is 10.2. The highest BCUT2D eigenvalue weighted by molar-refractivity contribution is 9.10. The smallest absolute Gasteiger partial charge is 0.355 e. The van der Waals surface area contributed by atoms with Gasteiger partial charge in [-0.2, -0.15) is 0 Å². The molecule has 0 aliphatic carbocycles. The predicted octanol–water partition coefficient (Wildman–Crippen LogP) is 3.86. The van der Waals surface area contributed by atoms with Gasteiger partial charge in [0, 0.05) is 27.8 Å². The molecule has 1 heterocycles. The molecule has 0 fully saturated rings. The van der Waals surface area contributed by atoms with Crippen molar-refractivity contribution >= 4 is 39.2 Å². The Morgan fingerprint density at radius 3 is 2.85 bits per heavy atom. The van der Waals surface area contributed by atoms with Crippen LogP contribution < -0.4 is 5.73 Å². The molecule has 0 aliphatic rings. The van der Waals surface area contributed by atoms with Crippen LogP contribution in [-0.2, 0) is 17.9 Å². The maximum atomic E-state index is 12.0. The molecule has 0 unspecified atom stereocenters. The van der Waals surface area contributed by atoms with E-state index in [0.717, 1.165) is 10.0 Å². The van der Waals surface area contributed by atoms with E-state index in [2.05, 4.69) is 15.9 Å². The molecule has 0 saturated carbocycles. The normalized spacial score (nSPS) is 10.6. The van der Waals surface area contributed by atoms with Crippen molar-refractivity contribution in [3.05, 3.63) is 51.2 Å². The monoisotopic (exact) mass is 356 g/mol. The predicted molar refractivity (Wildman–Crippen MR) is 82.8 cm³/mol. The summed E-state index contributed by atoms with van der Waals surface area (Å²) in [5.74, 6) is -0.414. The highest BCUT2D eigenvalue weighted by Crippen LogP contribution is 2.22. The summed E-state index contributed by atoms with van der Waals surface area (Å²) in [5.41, 5.74) is 7.43. The minimum Gasteiger partial charge on any atom is -0.456 e. The fourth-order valence-electron chi connectivity index (χ4n) is 1.82. The summed E-state index contributed by atoms with van der Waals surface area (Å²) >= 11 is 9.40. The van der Waals surface area contributed by atoms with Crippen LogP contribution in [0, 0.1) is 0 Å². The van der Waals surface area contributed by atoms with Crippen molar-refractivity contribution in [1.29, 1.82) is 0 Å². The van der Waals surface area contributed by atoms with E-state index in [-0.39, 0.29) is 6.61 Å². The molecule has 1 aromatic carbocycles. The van der Waals surface area contributed by atoms with E-state index in [0.29, 0.717) is 22.9 Å². The summed E-state index contributed by atoms with van der Waals surface area (Å²) in [7, 11) is 0. The Morgan fingerprint density at radius 1 is 1.45 bits per heavy atom. The van der Waals surface area contributed by atoms with Gasteiger partial charge >= 0.3 is 5.97 Å². The summed E-state index contributed by atoms with van der Waals surface area (Å²) in [6.45, 7) is 2.71. The standard InChI is InChI=1S/C14H14BrClN2O2/c1-2-18-7-11(17)6-13(18)14(19)20-8-9-3-4-10(15)5-12(9)16/h3-7H,2,8,17H2,1H3. The second-order valence-electron chi connectivity index (χ2n) is 4.26. The van der Waals surface area contributed by atoms with Crippen LogP contribution in [0.15, 0.2) is 34.9 Å². The Morgan fingerprint density at radius 2 is 2.20 bits per heavy atom. The zero-order valence-corrected chi connectivity index (χ0v) is 13.2. The van der Waals surface area contributed by atoms with Gasteiger partial charge in [0.05, 0.1) is 5.69 Å². The topological polar surface area (TPSA) is 57.2 Å². The average Bonchev–Trinajstić information content (AvgIpc) is 2.78. The molecule has 0 amide bonds. The minimum absolute atomic E-state index is 0.125. The fraction of sp³-hybridized carbons (Fsp3) is 0.214. The molecule has 2 N–H and O–H groups in total. The maximum Gasteiger partial charge on any atom is 0.355 e. The minimum atomic E-state index is -0.414. The van der Waals surface area contributed by atoms with Gasteiger partial charge < -0.3 is 15.0 Å². The van der Waals surface area contributed by atoms with Gasteiger partial charge in [0.2, 0.25) is 0 Å². The summed E-state index contributed by atoms with van der Waals surface area (Å²) in [6.07, 6.45) is 1.71. The van der Waals surface area contributed by atoms with Crippen LogP contribution in [0.3, 0.4) is 0 Å². The van der Waals surface area contributed by atoms with E-state index in [1.54, 1.807) is 22.9 Å². The molecule has 6 heteroatoms. The van der Waals surface area contributed by atoms with Crippen LogP contribution in [0.4, 0.5) is 5.69 Å². The van der Waals surface area contributed by atoms with Crippen molar-refractivity contribution in [3.8, 4) is 0 Å². The van der Waals surface area contributed by atoms with Crippen LogP contribution in [0.2, 0.25) is 5.02 Å². The zero-order chi connectivity index (χ0) is 14.7. The average molecular weight is 358 g/mol. The molecular formula is C14H14BrClN2O2. The number of aryl methyl sites for hydroxylation is 1. The van der Waals surface area contributed by atoms with Crippen LogP contribution in [0.1, 0.15) is 23.0 Å². The Balaban J connectivity index is 2.08. The summed E-state index contributed by atoms with van der Waals surface area (Å²) < 4.78 is 7.91. The zero-order valence-electron chi connectivity index (χ0n) is 10.9. The van der Waals surface area contributed by atoms with Gasteiger partial charge in [-0.05, 0) is 25.1 Å². The van der Waals surface area contributed by atoms with E-state index in [1.165, 1.54) is 0 Å². The second kappa shape index (κ2) is 6.33. The Kier molecular flexibility index (Phi) is 4.73. The molecule has 4 nitrogen and oxygen atoms in total. The van der Waals surface area contributed by atoms with E-state index < -0.39 is 5.97 Å². The van der Waals surface area contributed by atoms with Crippen LogP contribution in [0.5, 0.6) is 0 Å². The molecular weight excluding hydrogens is 344 g/mol. The number of esters is 1. The highest BCUT2D eigenvalue weighted by Gasteiger charge is 2.14. The summed E-state index contributed by atoms with van der Waals surface area (Å²) in [6, 6.07) is 7.03. The van der Waals surface area contributed by atoms with Crippen molar-refractivity contribution in [1.82, 2.24) is 4.57 Å². The SMILES string of the molecule is CCn1cc(N)cc1C(=O)OCc1ccc(Br)cc1Cl.